The minimum absolute atomic E-state index is 0.158. The standard InChI is InChI=1S/C25H26ClN3O2/c1-3-23-22(12-13-30)24(18-6-7-18)28-29(23)15-17-4-9-20(10-5-17)27-25(31)21-11-8-19(26)14-16(21)2/h4-5,8-11,13-14,18H,3,6-7,12,15H2,1-2H3,(H,27,31). The lowest BCUT2D eigenvalue weighted by Crippen LogP contribution is -2.13. The molecule has 1 N–H and O–H groups in total. The molecule has 1 saturated carbocycles. The van der Waals surface area contributed by atoms with Crippen LogP contribution in [-0.2, 0) is 24.2 Å². The van der Waals surface area contributed by atoms with Crippen molar-refractivity contribution in [3.63, 3.8) is 0 Å². The van der Waals surface area contributed by atoms with Crippen LogP contribution in [0.4, 0.5) is 5.69 Å². The smallest absolute Gasteiger partial charge is 0.255 e. The molecule has 0 spiro atoms. The normalized spacial score (nSPS) is 13.3. The Morgan fingerprint density at radius 2 is 1.97 bits per heavy atom. The number of carbonyl (C=O) groups excluding carboxylic acids is 2. The number of benzene rings is 2. The highest BCUT2D eigenvalue weighted by molar-refractivity contribution is 6.30. The van der Waals surface area contributed by atoms with Crippen molar-refractivity contribution in [1.29, 1.82) is 0 Å². The van der Waals surface area contributed by atoms with Crippen molar-refractivity contribution >= 4 is 29.5 Å². The Balaban J connectivity index is 1.49. The molecule has 0 saturated heterocycles. The highest BCUT2D eigenvalue weighted by Crippen LogP contribution is 2.42. The molecule has 1 heterocycles. The van der Waals surface area contributed by atoms with Gasteiger partial charge in [-0.1, -0.05) is 30.7 Å². The van der Waals surface area contributed by atoms with E-state index in [2.05, 4.69) is 12.2 Å². The molecule has 2 aromatic carbocycles. The number of aryl methyl sites for hydroxylation is 1. The van der Waals surface area contributed by atoms with Crippen LogP contribution in [0.2, 0.25) is 5.02 Å². The van der Waals surface area contributed by atoms with E-state index in [9.17, 15) is 9.59 Å². The Bertz CT molecular complexity index is 1110. The molecule has 1 fully saturated rings. The van der Waals surface area contributed by atoms with Gasteiger partial charge in [-0.05, 0) is 67.6 Å². The van der Waals surface area contributed by atoms with Crippen LogP contribution in [0.1, 0.15) is 64.1 Å². The Morgan fingerprint density at radius 1 is 1.23 bits per heavy atom. The van der Waals surface area contributed by atoms with Gasteiger partial charge in [0.05, 0.1) is 12.2 Å². The fourth-order valence-electron chi connectivity index (χ4n) is 4.02. The van der Waals surface area contributed by atoms with Crippen LogP contribution >= 0.6 is 11.6 Å². The van der Waals surface area contributed by atoms with Gasteiger partial charge in [-0.25, -0.2) is 0 Å². The number of amides is 1. The summed E-state index contributed by atoms with van der Waals surface area (Å²) in [6.45, 7) is 4.62. The van der Waals surface area contributed by atoms with Crippen molar-refractivity contribution in [3.05, 3.63) is 81.1 Å². The van der Waals surface area contributed by atoms with Gasteiger partial charge >= 0.3 is 0 Å². The molecule has 5 nitrogen and oxygen atoms in total. The lowest BCUT2D eigenvalue weighted by molar-refractivity contribution is -0.107. The molecule has 0 aliphatic heterocycles. The van der Waals surface area contributed by atoms with Crippen LogP contribution in [0.5, 0.6) is 0 Å². The monoisotopic (exact) mass is 435 g/mol. The van der Waals surface area contributed by atoms with E-state index in [0.29, 0.717) is 29.5 Å². The summed E-state index contributed by atoms with van der Waals surface area (Å²) in [7, 11) is 0. The van der Waals surface area contributed by atoms with Gasteiger partial charge in [-0.3, -0.25) is 9.48 Å². The zero-order valence-corrected chi connectivity index (χ0v) is 18.6. The molecule has 4 rings (SSSR count). The molecule has 160 valence electrons. The molecule has 1 aromatic heterocycles. The van der Waals surface area contributed by atoms with E-state index in [4.69, 9.17) is 16.7 Å². The second-order valence-electron chi connectivity index (χ2n) is 8.08. The first kappa shape index (κ1) is 21.3. The molecule has 1 amide bonds. The summed E-state index contributed by atoms with van der Waals surface area (Å²) in [5, 5.41) is 8.42. The number of nitrogens with zero attached hydrogens (tertiary/aromatic N) is 2. The first-order chi connectivity index (χ1) is 15.0. The minimum Gasteiger partial charge on any atom is -0.322 e. The molecular formula is C25H26ClN3O2. The second-order valence-corrected chi connectivity index (χ2v) is 8.51. The summed E-state index contributed by atoms with van der Waals surface area (Å²) < 4.78 is 2.04. The fourth-order valence-corrected chi connectivity index (χ4v) is 4.24. The van der Waals surface area contributed by atoms with Crippen LogP contribution in [0.15, 0.2) is 42.5 Å². The number of carbonyl (C=O) groups is 2. The van der Waals surface area contributed by atoms with Crippen LogP contribution in [-0.4, -0.2) is 22.0 Å². The summed E-state index contributed by atoms with van der Waals surface area (Å²) in [5.74, 6) is 0.352. The number of aromatic nitrogens is 2. The van der Waals surface area contributed by atoms with Crippen molar-refractivity contribution in [2.45, 2.75) is 52.0 Å². The summed E-state index contributed by atoms with van der Waals surface area (Å²) >= 11 is 5.98. The Morgan fingerprint density at radius 3 is 2.58 bits per heavy atom. The molecule has 0 atom stereocenters. The molecule has 31 heavy (non-hydrogen) atoms. The van der Waals surface area contributed by atoms with Crippen molar-refractivity contribution in [2.75, 3.05) is 5.32 Å². The largest absolute Gasteiger partial charge is 0.322 e. The zero-order valence-electron chi connectivity index (χ0n) is 17.8. The first-order valence-corrected chi connectivity index (χ1v) is 11.1. The van der Waals surface area contributed by atoms with Gasteiger partial charge in [0.25, 0.3) is 5.91 Å². The quantitative estimate of drug-likeness (QED) is 0.486. The van der Waals surface area contributed by atoms with Crippen LogP contribution < -0.4 is 5.32 Å². The molecular weight excluding hydrogens is 410 g/mol. The average molecular weight is 436 g/mol. The molecule has 1 aliphatic rings. The van der Waals surface area contributed by atoms with Crippen molar-refractivity contribution in [3.8, 4) is 0 Å². The minimum atomic E-state index is -0.158. The molecule has 0 bridgehead atoms. The number of aldehydes is 1. The third-order valence-corrected chi connectivity index (χ3v) is 6.00. The molecule has 0 radical (unpaired) electrons. The molecule has 6 heteroatoms. The van der Waals surface area contributed by atoms with E-state index in [1.54, 1.807) is 18.2 Å². The van der Waals surface area contributed by atoms with Crippen LogP contribution in [0.25, 0.3) is 0 Å². The van der Waals surface area contributed by atoms with Crippen LogP contribution in [0, 0.1) is 6.92 Å². The van der Waals surface area contributed by atoms with Gasteiger partial charge in [0.2, 0.25) is 0 Å². The number of nitrogens with one attached hydrogen (secondary N) is 1. The van der Waals surface area contributed by atoms with E-state index < -0.39 is 0 Å². The number of hydrogen-bond donors (Lipinski definition) is 1. The summed E-state index contributed by atoms with van der Waals surface area (Å²) in [6.07, 6.45) is 4.58. The molecule has 3 aromatic rings. The fraction of sp³-hybridized carbons (Fsp3) is 0.320. The molecule has 1 aliphatic carbocycles. The van der Waals surface area contributed by atoms with Gasteiger partial charge in [-0.2, -0.15) is 5.10 Å². The van der Waals surface area contributed by atoms with Gasteiger partial charge in [0, 0.05) is 39.9 Å². The zero-order chi connectivity index (χ0) is 22.0. The van der Waals surface area contributed by atoms with Crippen molar-refractivity contribution in [2.24, 2.45) is 0 Å². The number of hydrogen-bond acceptors (Lipinski definition) is 3. The van der Waals surface area contributed by atoms with E-state index in [-0.39, 0.29) is 5.91 Å². The Labute approximate surface area is 187 Å². The van der Waals surface area contributed by atoms with E-state index in [0.717, 1.165) is 59.3 Å². The lowest BCUT2D eigenvalue weighted by atomic mass is 10.1. The predicted molar refractivity (Wildman–Crippen MR) is 123 cm³/mol. The first-order valence-electron chi connectivity index (χ1n) is 10.7. The van der Waals surface area contributed by atoms with Crippen molar-refractivity contribution in [1.82, 2.24) is 9.78 Å². The SMILES string of the molecule is CCc1c(CC=O)c(C2CC2)nn1Cc1ccc(NC(=O)c2ccc(Cl)cc2C)cc1. The predicted octanol–water partition coefficient (Wildman–Crippen LogP) is 5.33. The number of halogens is 1. The maximum absolute atomic E-state index is 12.6. The maximum atomic E-state index is 12.6. The molecule has 0 unspecified atom stereocenters. The topological polar surface area (TPSA) is 64.0 Å². The van der Waals surface area contributed by atoms with Gasteiger partial charge in [0.1, 0.15) is 6.29 Å². The average Bonchev–Trinajstić information content (AvgIpc) is 3.53. The van der Waals surface area contributed by atoms with E-state index in [1.165, 1.54) is 0 Å². The van der Waals surface area contributed by atoms with Gasteiger partial charge in [-0.15, -0.1) is 0 Å². The Kier molecular flexibility index (Phi) is 6.23. The summed E-state index contributed by atoms with van der Waals surface area (Å²) in [4.78, 5) is 23.8. The van der Waals surface area contributed by atoms with Gasteiger partial charge in [0.15, 0.2) is 0 Å². The Hall–Kier alpha value is -2.92. The highest BCUT2D eigenvalue weighted by Gasteiger charge is 2.31. The third kappa shape index (κ3) is 4.72. The summed E-state index contributed by atoms with van der Waals surface area (Å²) in [6, 6.07) is 13.0. The van der Waals surface area contributed by atoms with Crippen LogP contribution in [0.3, 0.4) is 0 Å². The number of rotatable bonds is 8. The van der Waals surface area contributed by atoms with Crippen molar-refractivity contribution < 1.29 is 9.59 Å². The van der Waals surface area contributed by atoms with Gasteiger partial charge < -0.3 is 10.1 Å². The maximum Gasteiger partial charge on any atom is 0.255 e. The second kappa shape index (κ2) is 9.06. The highest BCUT2D eigenvalue weighted by atomic mass is 35.5. The van der Waals surface area contributed by atoms with E-state index >= 15 is 0 Å². The van der Waals surface area contributed by atoms with E-state index in [1.807, 2.05) is 35.9 Å². The number of anilines is 1. The summed E-state index contributed by atoms with van der Waals surface area (Å²) in [5.41, 5.74) is 6.63. The third-order valence-electron chi connectivity index (χ3n) is 5.76. The lowest BCUT2D eigenvalue weighted by Gasteiger charge is -2.10.